The summed E-state index contributed by atoms with van der Waals surface area (Å²) >= 11 is 0. The molecule has 0 bridgehead atoms. The van der Waals surface area contributed by atoms with Crippen molar-refractivity contribution >= 4 is 10.1 Å². The Hall–Kier alpha value is -0.414. The van der Waals surface area contributed by atoms with Gasteiger partial charge in [-0.25, -0.2) is 0 Å². The summed E-state index contributed by atoms with van der Waals surface area (Å²) in [5.41, 5.74) is 0.588. The van der Waals surface area contributed by atoms with Gasteiger partial charge < -0.3 is 9.84 Å². The molecule has 0 aromatic heterocycles. The first kappa shape index (κ1) is 24.6. The third-order valence-corrected chi connectivity index (χ3v) is 5.11. The molecule has 0 radical (unpaired) electrons. The van der Waals surface area contributed by atoms with Crippen molar-refractivity contribution in [2.24, 2.45) is 0 Å². The zero-order chi connectivity index (χ0) is 19.0. The van der Waals surface area contributed by atoms with Crippen molar-refractivity contribution in [1.29, 1.82) is 0 Å². The fourth-order valence-corrected chi connectivity index (χ4v) is 3.55. The van der Waals surface area contributed by atoms with Gasteiger partial charge in [-0.05, 0) is 36.6 Å². The third-order valence-electron chi connectivity index (χ3n) is 4.18. The molecule has 1 N–H and O–H groups in total. The minimum atomic E-state index is -4.34. The Labute approximate surface area is 204 Å². The second-order valence-corrected chi connectivity index (χ2v) is 7.73. The van der Waals surface area contributed by atoms with Crippen LogP contribution in [0.15, 0.2) is 47.4 Å². The monoisotopic (exact) mass is 416 g/mol. The smallest absolute Gasteiger partial charge is 0.872 e. The number of aryl methyl sites for hydroxylation is 1. The van der Waals surface area contributed by atoms with Crippen LogP contribution in [-0.2, 0) is 16.5 Å². The molecule has 7 heteroatoms. The summed E-state index contributed by atoms with van der Waals surface area (Å²) < 4.78 is 38.6. The largest absolute Gasteiger partial charge is 1.00 e. The van der Waals surface area contributed by atoms with Gasteiger partial charge in [0.2, 0.25) is 0 Å². The molecule has 5 nitrogen and oxygen atoms in total. The molecule has 2 rings (SSSR count). The van der Waals surface area contributed by atoms with E-state index >= 15 is 0 Å². The second kappa shape index (κ2) is 12.2. The SMILES string of the molecule is CCCCCCCCc1ccc(Oc2ccc([O-])cc2)cc1S(=O)(=O)O.[K+]. The Morgan fingerprint density at radius 2 is 1.52 bits per heavy atom. The molecule has 0 atom stereocenters. The van der Waals surface area contributed by atoms with E-state index in [1.165, 1.54) is 49.6 Å². The standard InChI is InChI=1S/C20H26O5S.K/c1-2-3-4-5-6-7-8-16-9-12-19(15-20(16)26(22,23)24)25-18-13-10-17(21)11-14-18;/h9-15,21H,2-8H2,1H3,(H,22,23,24);/q;+1/p-1. The Kier molecular flexibility index (Phi) is 11.1. The summed E-state index contributed by atoms with van der Waals surface area (Å²) in [6, 6.07) is 10.4. The van der Waals surface area contributed by atoms with Crippen LogP contribution in [0.25, 0.3) is 0 Å². The predicted molar refractivity (Wildman–Crippen MR) is 99.3 cm³/mol. The first-order chi connectivity index (χ1) is 12.4. The maximum atomic E-state index is 11.7. The van der Waals surface area contributed by atoms with Gasteiger partial charge in [-0.2, -0.15) is 8.42 Å². The Morgan fingerprint density at radius 1 is 0.926 bits per heavy atom. The molecular weight excluding hydrogens is 391 g/mol. The van der Waals surface area contributed by atoms with Crippen LogP contribution in [0.5, 0.6) is 17.2 Å². The molecule has 27 heavy (non-hydrogen) atoms. The average Bonchev–Trinajstić information content (AvgIpc) is 2.60. The molecule has 0 fully saturated rings. The number of hydrogen-bond donors (Lipinski definition) is 1. The number of hydrogen-bond acceptors (Lipinski definition) is 4. The van der Waals surface area contributed by atoms with Crippen LogP contribution >= 0.6 is 0 Å². The molecule has 142 valence electrons. The van der Waals surface area contributed by atoms with E-state index in [9.17, 15) is 18.1 Å². The fourth-order valence-electron chi connectivity index (χ4n) is 2.78. The van der Waals surface area contributed by atoms with Gasteiger partial charge in [0.05, 0.1) is 0 Å². The van der Waals surface area contributed by atoms with Crippen LogP contribution in [0.4, 0.5) is 0 Å². The third kappa shape index (κ3) is 8.64. The van der Waals surface area contributed by atoms with Crippen LogP contribution in [-0.4, -0.2) is 13.0 Å². The molecule has 0 saturated carbocycles. The normalized spacial score (nSPS) is 11.0. The van der Waals surface area contributed by atoms with Crippen LogP contribution < -0.4 is 61.2 Å². The molecule has 0 unspecified atom stereocenters. The summed E-state index contributed by atoms with van der Waals surface area (Å²) in [5.74, 6) is 0.586. The Morgan fingerprint density at radius 3 is 2.15 bits per heavy atom. The molecule has 0 aliphatic rings. The maximum Gasteiger partial charge on any atom is 1.00 e. The molecule has 0 amide bonds. The first-order valence-corrected chi connectivity index (χ1v) is 10.4. The summed E-state index contributed by atoms with van der Waals surface area (Å²) in [4.78, 5) is -0.121. The fraction of sp³-hybridized carbons (Fsp3) is 0.400. The second-order valence-electron chi connectivity index (χ2n) is 6.34. The molecule has 2 aromatic rings. The average molecular weight is 417 g/mol. The summed E-state index contributed by atoms with van der Waals surface area (Å²) in [6.45, 7) is 2.16. The van der Waals surface area contributed by atoms with E-state index < -0.39 is 10.1 Å². The molecule has 0 saturated heterocycles. The summed E-state index contributed by atoms with van der Waals surface area (Å²) in [6.07, 6.45) is 7.22. The number of ether oxygens (including phenoxy) is 1. The van der Waals surface area contributed by atoms with Crippen molar-refractivity contribution in [3.8, 4) is 17.2 Å². The van der Waals surface area contributed by atoms with Gasteiger partial charge in [0.25, 0.3) is 10.1 Å². The van der Waals surface area contributed by atoms with Crippen molar-refractivity contribution in [3.63, 3.8) is 0 Å². The molecule has 2 aromatic carbocycles. The zero-order valence-electron chi connectivity index (χ0n) is 16.0. The van der Waals surface area contributed by atoms with Gasteiger partial charge in [-0.1, -0.05) is 57.2 Å². The van der Waals surface area contributed by atoms with E-state index in [-0.39, 0.29) is 62.0 Å². The van der Waals surface area contributed by atoms with Gasteiger partial charge in [0, 0.05) is 6.07 Å². The topological polar surface area (TPSA) is 86.7 Å². The van der Waals surface area contributed by atoms with Gasteiger partial charge in [-0.3, -0.25) is 4.55 Å². The molecular formula is C20H25KO5S. The van der Waals surface area contributed by atoms with Crippen molar-refractivity contribution in [2.75, 3.05) is 0 Å². The van der Waals surface area contributed by atoms with E-state index in [0.29, 0.717) is 23.5 Å². The van der Waals surface area contributed by atoms with E-state index in [2.05, 4.69) is 6.92 Å². The Bertz CT molecular complexity index is 804. The van der Waals surface area contributed by atoms with Crippen LogP contribution in [0, 0.1) is 0 Å². The molecule has 0 heterocycles. The molecule has 0 aliphatic carbocycles. The van der Waals surface area contributed by atoms with Crippen molar-refractivity contribution < 1.29 is 74.2 Å². The van der Waals surface area contributed by atoms with Gasteiger partial charge >= 0.3 is 51.4 Å². The van der Waals surface area contributed by atoms with Crippen molar-refractivity contribution in [3.05, 3.63) is 48.0 Å². The van der Waals surface area contributed by atoms with Crippen LogP contribution in [0.1, 0.15) is 51.0 Å². The molecule has 0 spiro atoms. The van der Waals surface area contributed by atoms with Crippen molar-refractivity contribution in [1.82, 2.24) is 0 Å². The van der Waals surface area contributed by atoms with Gasteiger partial charge in [0.1, 0.15) is 16.4 Å². The first-order valence-electron chi connectivity index (χ1n) is 8.95. The summed E-state index contributed by atoms with van der Waals surface area (Å²) in [5, 5.41) is 11.1. The number of unbranched alkanes of at least 4 members (excludes halogenated alkanes) is 5. The Balaban J connectivity index is 0.00000364. The minimum absolute atomic E-state index is 0. The predicted octanol–water partition coefficient (Wildman–Crippen LogP) is 1.71. The minimum Gasteiger partial charge on any atom is -0.872 e. The van der Waals surface area contributed by atoms with E-state index in [4.69, 9.17) is 4.74 Å². The quantitative estimate of drug-likeness (QED) is 0.362. The maximum absolute atomic E-state index is 11.7. The number of rotatable bonds is 10. The van der Waals surface area contributed by atoms with Crippen LogP contribution in [0.2, 0.25) is 0 Å². The van der Waals surface area contributed by atoms with E-state index in [1.807, 2.05) is 0 Å². The van der Waals surface area contributed by atoms with Crippen LogP contribution in [0.3, 0.4) is 0 Å². The van der Waals surface area contributed by atoms with Gasteiger partial charge in [-0.15, -0.1) is 5.75 Å². The molecule has 0 aliphatic heterocycles. The summed E-state index contributed by atoms with van der Waals surface area (Å²) in [7, 11) is -4.34. The zero-order valence-corrected chi connectivity index (χ0v) is 19.9. The van der Waals surface area contributed by atoms with Gasteiger partial charge in [0.15, 0.2) is 0 Å². The van der Waals surface area contributed by atoms with Crippen molar-refractivity contribution in [2.45, 2.75) is 56.8 Å². The van der Waals surface area contributed by atoms with E-state index in [0.717, 1.165) is 19.3 Å². The van der Waals surface area contributed by atoms with E-state index in [1.54, 1.807) is 12.1 Å². The number of benzene rings is 2.